The maximum Gasteiger partial charge on any atom is 0.0614 e. The van der Waals surface area contributed by atoms with Crippen molar-refractivity contribution in [2.24, 2.45) is 22.7 Å². The molecule has 2 rings (SSSR count). The van der Waals surface area contributed by atoms with Crippen molar-refractivity contribution in [3.05, 3.63) is 23.3 Å². The van der Waals surface area contributed by atoms with Gasteiger partial charge in [0.2, 0.25) is 0 Å². The third-order valence-corrected chi connectivity index (χ3v) is 7.09. The Morgan fingerprint density at radius 3 is 2.76 bits per heavy atom. The molecule has 0 amide bonds. The molecule has 0 aliphatic heterocycles. The van der Waals surface area contributed by atoms with E-state index in [1.54, 1.807) is 5.57 Å². The maximum absolute atomic E-state index is 9.07. The molecule has 0 spiro atoms. The Bertz CT molecular complexity index is 433. The van der Waals surface area contributed by atoms with Crippen LogP contribution in [0.3, 0.4) is 0 Å². The number of hydrogen-bond donors (Lipinski definition) is 1. The van der Waals surface area contributed by atoms with Gasteiger partial charge in [0.1, 0.15) is 0 Å². The Kier molecular flexibility index (Phi) is 5.03. The van der Waals surface area contributed by atoms with Crippen molar-refractivity contribution < 1.29 is 5.11 Å². The molecule has 2 aliphatic rings. The third kappa shape index (κ3) is 2.99. The van der Waals surface area contributed by atoms with Gasteiger partial charge < -0.3 is 5.11 Å². The van der Waals surface area contributed by atoms with Gasteiger partial charge >= 0.3 is 0 Å². The summed E-state index contributed by atoms with van der Waals surface area (Å²) in [5.41, 5.74) is 3.85. The first-order valence-electron chi connectivity index (χ1n) is 8.78. The fraction of sp³-hybridized carbons (Fsp3) is 0.800. The quantitative estimate of drug-likeness (QED) is 0.677. The van der Waals surface area contributed by atoms with Gasteiger partial charge in [0.25, 0.3) is 0 Å². The lowest BCUT2D eigenvalue weighted by Gasteiger charge is -2.58. The molecule has 120 valence electrons. The van der Waals surface area contributed by atoms with E-state index in [1.807, 2.05) is 6.08 Å². The molecule has 0 saturated heterocycles. The first kappa shape index (κ1) is 16.8. The molecule has 0 unspecified atom stereocenters. The summed E-state index contributed by atoms with van der Waals surface area (Å²) in [5.74, 6) is 1.63. The van der Waals surface area contributed by atoms with Crippen LogP contribution in [0.2, 0.25) is 0 Å². The molecule has 21 heavy (non-hydrogen) atoms. The van der Waals surface area contributed by atoms with Gasteiger partial charge in [0, 0.05) is 0 Å². The number of aliphatic hydroxyl groups excluding tert-OH is 1. The van der Waals surface area contributed by atoms with E-state index in [9.17, 15) is 0 Å². The summed E-state index contributed by atoms with van der Waals surface area (Å²) in [4.78, 5) is 0. The monoisotopic (exact) mass is 290 g/mol. The molecule has 0 radical (unpaired) electrons. The zero-order valence-electron chi connectivity index (χ0n) is 14.7. The van der Waals surface area contributed by atoms with Crippen molar-refractivity contribution in [1.82, 2.24) is 0 Å². The van der Waals surface area contributed by atoms with Crippen LogP contribution in [-0.4, -0.2) is 11.7 Å². The van der Waals surface area contributed by atoms with Crippen LogP contribution in [0.1, 0.15) is 73.1 Å². The molecule has 2 aliphatic carbocycles. The van der Waals surface area contributed by atoms with Crippen molar-refractivity contribution in [3.8, 4) is 0 Å². The lowest BCUT2D eigenvalue weighted by atomic mass is 9.47. The second-order valence-corrected chi connectivity index (χ2v) is 8.11. The van der Waals surface area contributed by atoms with Crippen LogP contribution in [0.25, 0.3) is 0 Å². The van der Waals surface area contributed by atoms with Gasteiger partial charge in [-0.15, -0.1) is 0 Å². The summed E-state index contributed by atoms with van der Waals surface area (Å²) in [6.45, 7) is 12.2. The summed E-state index contributed by atoms with van der Waals surface area (Å²) in [6, 6.07) is 0. The molecule has 1 saturated carbocycles. The summed E-state index contributed by atoms with van der Waals surface area (Å²) < 4.78 is 0. The second-order valence-electron chi connectivity index (χ2n) is 8.11. The van der Waals surface area contributed by atoms with Crippen LogP contribution in [0.5, 0.6) is 0 Å². The largest absolute Gasteiger partial charge is 0.392 e. The van der Waals surface area contributed by atoms with E-state index in [0.717, 1.165) is 18.3 Å². The van der Waals surface area contributed by atoms with Crippen molar-refractivity contribution >= 4 is 0 Å². The van der Waals surface area contributed by atoms with E-state index in [2.05, 4.69) is 40.7 Å². The van der Waals surface area contributed by atoms with Gasteiger partial charge in [-0.25, -0.2) is 0 Å². The minimum absolute atomic E-state index is 0.182. The highest BCUT2D eigenvalue weighted by Gasteiger charge is 2.52. The molecule has 0 bridgehead atoms. The number of rotatable bonds is 4. The van der Waals surface area contributed by atoms with Gasteiger partial charge in [0.15, 0.2) is 0 Å². The fourth-order valence-electron chi connectivity index (χ4n) is 5.06. The standard InChI is InChI=1S/C20H34O/c1-15(11-14-21)9-12-19(4)17(3)10-13-20(5)16(2)7-6-8-18(19)20/h7,11,17-18,21H,6,8-10,12-14H2,1-5H3/b15-11+/t17-,18-,19+,20+/m0/s1. The van der Waals surface area contributed by atoms with Gasteiger partial charge in [-0.1, -0.05) is 44.1 Å². The van der Waals surface area contributed by atoms with E-state index in [1.165, 1.54) is 37.7 Å². The van der Waals surface area contributed by atoms with E-state index in [4.69, 9.17) is 5.11 Å². The molecular weight excluding hydrogens is 256 g/mol. The normalized spacial score (nSPS) is 40.7. The molecule has 1 N–H and O–H groups in total. The predicted molar refractivity (Wildman–Crippen MR) is 91.2 cm³/mol. The Morgan fingerprint density at radius 2 is 2.10 bits per heavy atom. The average molecular weight is 290 g/mol. The molecule has 1 nitrogen and oxygen atoms in total. The number of hydrogen-bond acceptors (Lipinski definition) is 1. The predicted octanol–water partition coefficient (Wildman–Crippen LogP) is 5.50. The van der Waals surface area contributed by atoms with E-state index < -0.39 is 0 Å². The number of allylic oxidation sites excluding steroid dienone is 3. The average Bonchev–Trinajstić information content (AvgIpc) is 2.44. The Labute approximate surface area is 131 Å². The first-order valence-corrected chi connectivity index (χ1v) is 8.78. The molecule has 4 atom stereocenters. The minimum atomic E-state index is 0.182. The summed E-state index contributed by atoms with van der Waals surface area (Å²) in [5, 5.41) is 9.07. The molecule has 0 aromatic heterocycles. The van der Waals surface area contributed by atoms with Crippen LogP contribution in [0, 0.1) is 22.7 Å². The second kappa shape index (κ2) is 6.28. The van der Waals surface area contributed by atoms with Crippen molar-refractivity contribution in [3.63, 3.8) is 0 Å². The maximum atomic E-state index is 9.07. The zero-order valence-corrected chi connectivity index (χ0v) is 14.7. The summed E-state index contributed by atoms with van der Waals surface area (Å²) in [6.07, 6.45) is 12.2. The van der Waals surface area contributed by atoms with E-state index in [-0.39, 0.29) is 6.61 Å². The van der Waals surface area contributed by atoms with Crippen LogP contribution in [-0.2, 0) is 0 Å². The molecule has 0 heterocycles. The number of aliphatic hydroxyl groups is 1. The number of fused-ring (bicyclic) bond motifs is 1. The lowest BCUT2D eigenvalue weighted by Crippen LogP contribution is -2.49. The van der Waals surface area contributed by atoms with Gasteiger partial charge in [0.05, 0.1) is 6.61 Å². The summed E-state index contributed by atoms with van der Waals surface area (Å²) in [7, 11) is 0. The van der Waals surface area contributed by atoms with E-state index in [0.29, 0.717) is 10.8 Å². The Hall–Kier alpha value is -0.560. The van der Waals surface area contributed by atoms with Gasteiger partial charge in [-0.2, -0.15) is 0 Å². The SMILES string of the molecule is CC1=CCC[C@H]2[C@](C)(CC/C(C)=C/CO)[C@@H](C)CC[C@]12C. The van der Waals surface area contributed by atoms with Crippen LogP contribution in [0.15, 0.2) is 23.3 Å². The van der Waals surface area contributed by atoms with Crippen molar-refractivity contribution in [1.29, 1.82) is 0 Å². The Balaban J connectivity index is 2.23. The third-order valence-electron chi connectivity index (χ3n) is 7.09. The van der Waals surface area contributed by atoms with Gasteiger partial charge in [-0.05, 0) is 75.0 Å². The summed E-state index contributed by atoms with van der Waals surface area (Å²) >= 11 is 0. The molecule has 1 fully saturated rings. The highest BCUT2D eigenvalue weighted by atomic mass is 16.2. The highest BCUT2D eigenvalue weighted by molar-refractivity contribution is 5.21. The van der Waals surface area contributed by atoms with Crippen molar-refractivity contribution in [2.45, 2.75) is 73.1 Å². The lowest BCUT2D eigenvalue weighted by molar-refractivity contribution is -0.0466. The minimum Gasteiger partial charge on any atom is -0.392 e. The molecular formula is C20H34O. The first-order chi connectivity index (χ1) is 9.84. The molecule has 1 heteroatoms. The van der Waals surface area contributed by atoms with Crippen LogP contribution < -0.4 is 0 Å². The van der Waals surface area contributed by atoms with Gasteiger partial charge in [-0.3, -0.25) is 0 Å². The molecule has 0 aromatic rings. The topological polar surface area (TPSA) is 20.2 Å². The van der Waals surface area contributed by atoms with E-state index >= 15 is 0 Å². The van der Waals surface area contributed by atoms with Crippen LogP contribution in [0.4, 0.5) is 0 Å². The zero-order chi connectivity index (χ0) is 15.7. The highest BCUT2D eigenvalue weighted by Crippen LogP contribution is 2.61. The Morgan fingerprint density at radius 1 is 1.38 bits per heavy atom. The van der Waals surface area contributed by atoms with Crippen LogP contribution >= 0.6 is 0 Å². The van der Waals surface area contributed by atoms with Crippen molar-refractivity contribution in [2.75, 3.05) is 6.61 Å². The molecule has 0 aromatic carbocycles. The smallest absolute Gasteiger partial charge is 0.0614 e. The fourth-order valence-corrected chi connectivity index (χ4v) is 5.06.